The van der Waals surface area contributed by atoms with Crippen LogP contribution in [0.25, 0.3) is 0 Å². The third-order valence-corrected chi connectivity index (χ3v) is 5.73. The molecule has 36 heavy (non-hydrogen) atoms. The van der Waals surface area contributed by atoms with Gasteiger partial charge in [-0.3, -0.25) is 24.1 Å². The van der Waals surface area contributed by atoms with E-state index in [0.29, 0.717) is 26.3 Å². The molecule has 0 bridgehead atoms. The Labute approximate surface area is 208 Å². The number of methoxy groups -OCH3 is 1. The number of hydrogen-bond donors (Lipinski definition) is 2. The molecule has 0 unspecified atom stereocenters. The molecule has 2 heterocycles. The largest absolute Gasteiger partial charge is 0.465 e. The molecule has 14 nitrogen and oxygen atoms in total. The van der Waals surface area contributed by atoms with Crippen LogP contribution in [0.3, 0.4) is 0 Å². The van der Waals surface area contributed by atoms with Crippen LogP contribution in [0.15, 0.2) is 0 Å². The third kappa shape index (κ3) is 7.85. The number of nitrogens with zero attached hydrogens (tertiary/aromatic N) is 1. The van der Waals surface area contributed by atoms with E-state index in [-0.39, 0.29) is 6.42 Å². The summed E-state index contributed by atoms with van der Waals surface area (Å²) in [6.07, 6.45) is -4.65. The second kappa shape index (κ2) is 12.9. The van der Waals surface area contributed by atoms with E-state index >= 15 is 0 Å². The van der Waals surface area contributed by atoms with E-state index in [1.165, 1.54) is 6.92 Å². The lowest BCUT2D eigenvalue weighted by atomic mass is 9.85. The molecule has 0 aliphatic carbocycles. The van der Waals surface area contributed by atoms with Crippen molar-refractivity contribution < 1.29 is 57.5 Å². The van der Waals surface area contributed by atoms with Crippen molar-refractivity contribution in [2.75, 3.05) is 40.0 Å². The van der Waals surface area contributed by atoms with Crippen LogP contribution in [0.5, 0.6) is 0 Å². The maximum absolute atomic E-state index is 12.6. The highest BCUT2D eigenvalue weighted by Crippen LogP contribution is 2.35. The number of rotatable bonds is 9. The van der Waals surface area contributed by atoms with Crippen LogP contribution in [-0.4, -0.2) is 116 Å². The topological polar surface area (TPSA) is 176 Å². The van der Waals surface area contributed by atoms with Gasteiger partial charge in [0.05, 0.1) is 26.4 Å². The van der Waals surface area contributed by atoms with E-state index in [2.05, 4.69) is 5.32 Å². The van der Waals surface area contributed by atoms with E-state index in [1.54, 1.807) is 0 Å². The van der Waals surface area contributed by atoms with Crippen molar-refractivity contribution in [2.24, 2.45) is 0 Å². The summed E-state index contributed by atoms with van der Waals surface area (Å²) in [6.45, 7) is 5.59. The molecule has 1 amide bonds. The van der Waals surface area contributed by atoms with Crippen LogP contribution < -0.4 is 5.32 Å². The molecule has 6 atom stereocenters. The van der Waals surface area contributed by atoms with Crippen LogP contribution in [-0.2, 0) is 52.4 Å². The van der Waals surface area contributed by atoms with E-state index in [9.17, 15) is 29.1 Å². The Bertz CT molecular complexity index is 830. The Kier molecular flexibility index (Phi) is 10.6. The van der Waals surface area contributed by atoms with Crippen LogP contribution >= 0.6 is 0 Å². The Balaban J connectivity index is 2.61. The molecule has 0 aromatic heterocycles. The van der Waals surface area contributed by atoms with Crippen LogP contribution in [0, 0.1) is 0 Å². The zero-order valence-corrected chi connectivity index (χ0v) is 21.0. The molecule has 14 heteroatoms. The predicted molar refractivity (Wildman–Crippen MR) is 118 cm³/mol. The SMILES string of the molecule is COC(=O)[C@]1(O)C[C@H](N2CCOCC2)[C@@H](NC(C)=O)[C@H]([C@H](OC(C)=O)[C@@H](COC(C)=O)OC(C)=O)O1. The van der Waals surface area contributed by atoms with Gasteiger partial charge in [0.15, 0.2) is 12.2 Å². The quantitative estimate of drug-likeness (QED) is 0.260. The minimum absolute atomic E-state index is 0.296. The monoisotopic (exact) mass is 518 g/mol. The van der Waals surface area contributed by atoms with Gasteiger partial charge in [-0.1, -0.05) is 0 Å². The molecule has 0 radical (unpaired) electrons. The van der Waals surface area contributed by atoms with Crippen molar-refractivity contribution in [3.63, 3.8) is 0 Å². The molecule has 2 aliphatic rings. The number of esters is 4. The Morgan fingerprint density at radius 3 is 2.14 bits per heavy atom. The first-order valence-corrected chi connectivity index (χ1v) is 11.4. The highest BCUT2D eigenvalue weighted by Gasteiger charge is 2.57. The molecule has 0 aromatic carbocycles. The summed E-state index contributed by atoms with van der Waals surface area (Å²) in [5.41, 5.74) is 0. The Hall–Kier alpha value is -2.81. The van der Waals surface area contributed by atoms with Crippen molar-refractivity contribution in [3.05, 3.63) is 0 Å². The molecular formula is C22H34N2O12. The number of carbonyl (C=O) groups excluding carboxylic acids is 5. The predicted octanol–water partition coefficient (Wildman–Crippen LogP) is -1.73. The summed E-state index contributed by atoms with van der Waals surface area (Å²) in [5, 5.41) is 14.0. The Morgan fingerprint density at radius 1 is 1.03 bits per heavy atom. The number of amides is 1. The number of hydrogen-bond acceptors (Lipinski definition) is 13. The van der Waals surface area contributed by atoms with E-state index in [1.807, 2.05) is 4.90 Å². The fraction of sp³-hybridized carbons (Fsp3) is 0.773. The summed E-state index contributed by atoms with van der Waals surface area (Å²) < 4.78 is 31.7. The number of aliphatic hydroxyl groups is 1. The number of carbonyl (C=O) groups is 5. The minimum Gasteiger partial charge on any atom is -0.465 e. The van der Waals surface area contributed by atoms with E-state index < -0.39 is 72.6 Å². The molecule has 204 valence electrons. The molecule has 0 aromatic rings. The zero-order chi connectivity index (χ0) is 27.0. The second-order valence-corrected chi connectivity index (χ2v) is 8.53. The number of morpholine rings is 1. The van der Waals surface area contributed by atoms with Gasteiger partial charge in [-0.15, -0.1) is 0 Å². The van der Waals surface area contributed by atoms with Crippen LogP contribution in [0.1, 0.15) is 34.1 Å². The first-order valence-electron chi connectivity index (χ1n) is 11.4. The molecule has 0 saturated carbocycles. The zero-order valence-electron chi connectivity index (χ0n) is 21.0. The molecule has 2 saturated heterocycles. The average molecular weight is 519 g/mol. The van der Waals surface area contributed by atoms with E-state index in [4.69, 9.17) is 28.4 Å². The van der Waals surface area contributed by atoms with Crippen molar-refractivity contribution in [3.8, 4) is 0 Å². The minimum atomic E-state index is -2.50. The highest BCUT2D eigenvalue weighted by atomic mass is 16.7. The summed E-state index contributed by atoms with van der Waals surface area (Å²) in [5.74, 6) is -6.39. The second-order valence-electron chi connectivity index (χ2n) is 8.53. The lowest BCUT2D eigenvalue weighted by molar-refractivity contribution is -0.294. The average Bonchev–Trinajstić information content (AvgIpc) is 2.80. The summed E-state index contributed by atoms with van der Waals surface area (Å²) in [6, 6.07) is -1.68. The maximum atomic E-state index is 12.6. The molecule has 2 fully saturated rings. The molecule has 2 aliphatic heterocycles. The van der Waals surface area contributed by atoms with Crippen molar-refractivity contribution in [2.45, 2.75) is 70.3 Å². The number of ether oxygens (including phenoxy) is 6. The first kappa shape index (κ1) is 29.4. The van der Waals surface area contributed by atoms with Crippen molar-refractivity contribution in [1.29, 1.82) is 0 Å². The summed E-state index contributed by atoms with van der Waals surface area (Å²) in [4.78, 5) is 62.2. The van der Waals surface area contributed by atoms with Gasteiger partial charge in [0.1, 0.15) is 12.7 Å². The molecule has 2 N–H and O–H groups in total. The lowest BCUT2D eigenvalue weighted by Gasteiger charge is -2.51. The van der Waals surface area contributed by atoms with Gasteiger partial charge in [0.2, 0.25) is 5.91 Å². The maximum Gasteiger partial charge on any atom is 0.366 e. The van der Waals surface area contributed by atoms with Gasteiger partial charge >= 0.3 is 23.9 Å². The standard InChI is InChI=1S/C22H34N2O12/c1-12(25)23-18-16(24-6-8-32-9-7-24)10-22(30,21(29)31-5)36-20(18)19(35-15(4)28)17(34-14(3)27)11-33-13(2)26/h16-20,30H,6-11H2,1-5H3,(H,23,25)/t16-,17+,18+,19+,20+,22-/m0/s1. The van der Waals surface area contributed by atoms with Gasteiger partial charge in [-0.2, -0.15) is 0 Å². The van der Waals surface area contributed by atoms with Gasteiger partial charge < -0.3 is 38.8 Å². The fourth-order valence-electron chi connectivity index (χ4n) is 4.37. The molecular weight excluding hydrogens is 484 g/mol. The van der Waals surface area contributed by atoms with Gasteiger partial charge in [0.25, 0.3) is 5.79 Å². The van der Waals surface area contributed by atoms with Crippen LogP contribution in [0.4, 0.5) is 0 Å². The lowest BCUT2D eigenvalue weighted by Crippen LogP contribution is -2.71. The van der Waals surface area contributed by atoms with Gasteiger partial charge in [0, 0.05) is 53.2 Å². The number of nitrogens with one attached hydrogen (secondary N) is 1. The first-order chi connectivity index (χ1) is 16.9. The highest BCUT2D eigenvalue weighted by molar-refractivity contribution is 5.78. The third-order valence-electron chi connectivity index (χ3n) is 5.73. The molecule has 2 rings (SSSR count). The van der Waals surface area contributed by atoms with E-state index in [0.717, 1.165) is 27.9 Å². The Morgan fingerprint density at radius 2 is 1.64 bits per heavy atom. The van der Waals surface area contributed by atoms with Gasteiger partial charge in [-0.05, 0) is 0 Å². The van der Waals surface area contributed by atoms with Crippen LogP contribution in [0.2, 0.25) is 0 Å². The molecule has 0 spiro atoms. The summed E-state index contributed by atoms with van der Waals surface area (Å²) >= 11 is 0. The fourth-order valence-corrected chi connectivity index (χ4v) is 4.37. The van der Waals surface area contributed by atoms with Crippen molar-refractivity contribution in [1.82, 2.24) is 10.2 Å². The summed E-state index contributed by atoms with van der Waals surface area (Å²) in [7, 11) is 1.06. The smallest absolute Gasteiger partial charge is 0.366 e. The van der Waals surface area contributed by atoms with Gasteiger partial charge in [-0.25, -0.2) is 4.79 Å². The van der Waals surface area contributed by atoms with Crippen molar-refractivity contribution >= 4 is 29.8 Å². The normalized spacial score (nSPS) is 28.2.